The van der Waals surface area contributed by atoms with E-state index < -0.39 is 0 Å². The number of hydrogen-bond acceptors (Lipinski definition) is 3. The quantitative estimate of drug-likeness (QED) is 0.864. The fraction of sp³-hybridized carbons (Fsp3) is 0.571. The molecule has 0 aliphatic carbocycles. The third-order valence-corrected chi connectivity index (χ3v) is 4.31. The lowest BCUT2D eigenvalue weighted by Crippen LogP contribution is -2.32. The number of nitrogens with zero attached hydrogens (tertiary/aromatic N) is 2. The smallest absolute Gasteiger partial charge is 0.254 e. The molecule has 0 radical (unpaired) electrons. The summed E-state index contributed by atoms with van der Waals surface area (Å²) in [7, 11) is 2.16. The number of halogens is 1. The highest BCUT2D eigenvalue weighted by molar-refractivity contribution is 9.10. The van der Waals surface area contributed by atoms with E-state index in [9.17, 15) is 4.79 Å². The first-order valence-electron chi connectivity index (χ1n) is 6.74. The average molecular weight is 326 g/mol. The molecular formula is C14H20BrN3O. The molecule has 1 aliphatic heterocycles. The van der Waals surface area contributed by atoms with E-state index in [1.165, 1.54) is 25.9 Å². The Labute approximate surface area is 122 Å². The maximum Gasteiger partial charge on any atom is 0.254 e. The molecule has 1 saturated heterocycles. The summed E-state index contributed by atoms with van der Waals surface area (Å²) in [5.74, 6) is 0.696. The Morgan fingerprint density at radius 1 is 1.53 bits per heavy atom. The Morgan fingerprint density at radius 3 is 2.95 bits per heavy atom. The predicted molar refractivity (Wildman–Crippen MR) is 79.1 cm³/mol. The second kappa shape index (κ2) is 7.01. The molecule has 1 aliphatic rings. The van der Waals surface area contributed by atoms with Gasteiger partial charge in [0.2, 0.25) is 0 Å². The van der Waals surface area contributed by atoms with Crippen LogP contribution in [0, 0.1) is 5.92 Å². The fourth-order valence-electron chi connectivity index (χ4n) is 2.39. The first-order valence-corrected chi connectivity index (χ1v) is 7.53. The average Bonchev–Trinajstić information content (AvgIpc) is 2.41. The van der Waals surface area contributed by atoms with Crippen LogP contribution in [0.4, 0.5) is 0 Å². The van der Waals surface area contributed by atoms with Gasteiger partial charge in [0, 0.05) is 12.7 Å². The number of carbonyl (C=O) groups excluding carboxylic acids is 1. The normalized spacial score (nSPS) is 17.4. The van der Waals surface area contributed by atoms with Gasteiger partial charge in [0.05, 0.1) is 5.56 Å². The highest BCUT2D eigenvalue weighted by Gasteiger charge is 2.17. The van der Waals surface area contributed by atoms with Gasteiger partial charge in [-0.3, -0.25) is 4.79 Å². The van der Waals surface area contributed by atoms with Crippen molar-refractivity contribution < 1.29 is 4.79 Å². The third-order valence-electron chi connectivity index (χ3n) is 3.68. The van der Waals surface area contributed by atoms with Crippen LogP contribution in [0.2, 0.25) is 0 Å². The molecule has 5 heteroatoms. The van der Waals surface area contributed by atoms with E-state index in [0.717, 1.165) is 18.9 Å². The van der Waals surface area contributed by atoms with Crippen LogP contribution in [0.25, 0.3) is 0 Å². The van der Waals surface area contributed by atoms with E-state index in [0.29, 0.717) is 10.2 Å². The summed E-state index contributed by atoms with van der Waals surface area (Å²) in [5.41, 5.74) is 0.603. The van der Waals surface area contributed by atoms with Gasteiger partial charge < -0.3 is 10.2 Å². The molecule has 0 spiro atoms. The molecule has 0 aromatic carbocycles. The summed E-state index contributed by atoms with van der Waals surface area (Å²) in [6.07, 6.45) is 5.21. The monoisotopic (exact) mass is 325 g/mol. The zero-order valence-corrected chi connectivity index (χ0v) is 12.8. The van der Waals surface area contributed by atoms with Crippen LogP contribution in [0.1, 0.15) is 29.6 Å². The van der Waals surface area contributed by atoms with Crippen molar-refractivity contribution in [1.29, 1.82) is 0 Å². The minimum atomic E-state index is -0.0482. The molecule has 19 heavy (non-hydrogen) atoms. The minimum absolute atomic E-state index is 0.0482. The summed E-state index contributed by atoms with van der Waals surface area (Å²) in [6.45, 7) is 3.09. The molecule has 1 aromatic rings. The van der Waals surface area contributed by atoms with Crippen LogP contribution in [-0.2, 0) is 0 Å². The van der Waals surface area contributed by atoms with Crippen molar-refractivity contribution in [3.8, 4) is 0 Å². The van der Waals surface area contributed by atoms with E-state index in [4.69, 9.17) is 0 Å². The van der Waals surface area contributed by atoms with Gasteiger partial charge in [-0.15, -0.1) is 0 Å². The van der Waals surface area contributed by atoms with Crippen molar-refractivity contribution in [3.05, 3.63) is 28.5 Å². The zero-order valence-electron chi connectivity index (χ0n) is 11.2. The van der Waals surface area contributed by atoms with Crippen molar-refractivity contribution in [1.82, 2.24) is 15.2 Å². The first-order chi connectivity index (χ1) is 9.16. The number of carbonyl (C=O) groups is 1. The van der Waals surface area contributed by atoms with Crippen molar-refractivity contribution in [2.45, 2.75) is 19.3 Å². The van der Waals surface area contributed by atoms with Gasteiger partial charge in [-0.05, 0) is 73.4 Å². The maximum atomic E-state index is 12.0. The molecule has 1 fully saturated rings. The lowest BCUT2D eigenvalue weighted by atomic mass is 9.94. The Morgan fingerprint density at radius 2 is 2.26 bits per heavy atom. The lowest BCUT2D eigenvalue weighted by molar-refractivity contribution is 0.0947. The Kier molecular flexibility index (Phi) is 5.34. The Balaban J connectivity index is 1.74. The van der Waals surface area contributed by atoms with Crippen molar-refractivity contribution in [3.63, 3.8) is 0 Å². The van der Waals surface area contributed by atoms with E-state index in [1.54, 1.807) is 18.3 Å². The predicted octanol–water partition coefficient (Wildman–Crippen LogP) is 2.31. The molecule has 0 unspecified atom stereocenters. The topological polar surface area (TPSA) is 45.2 Å². The van der Waals surface area contributed by atoms with E-state index in [2.05, 4.69) is 38.2 Å². The number of likely N-dealkylation sites (tertiary alicyclic amines) is 1. The van der Waals surface area contributed by atoms with Gasteiger partial charge in [0.1, 0.15) is 4.60 Å². The lowest BCUT2D eigenvalue weighted by Gasteiger charge is -2.28. The second-order valence-electron chi connectivity index (χ2n) is 5.13. The molecule has 1 amide bonds. The van der Waals surface area contributed by atoms with Gasteiger partial charge >= 0.3 is 0 Å². The molecule has 1 aromatic heterocycles. The maximum absolute atomic E-state index is 12.0. The van der Waals surface area contributed by atoms with E-state index in [-0.39, 0.29) is 5.91 Å². The zero-order chi connectivity index (χ0) is 13.7. The molecule has 1 N–H and O–H groups in total. The van der Waals surface area contributed by atoms with E-state index in [1.807, 2.05) is 0 Å². The number of nitrogens with one attached hydrogen (secondary N) is 1. The molecule has 104 valence electrons. The van der Waals surface area contributed by atoms with Crippen LogP contribution in [0.3, 0.4) is 0 Å². The van der Waals surface area contributed by atoms with Gasteiger partial charge in [0.15, 0.2) is 0 Å². The molecule has 0 bridgehead atoms. The molecular weight excluding hydrogens is 306 g/mol. The Bertz CT molecular complexity index is 430. The van der Waals surface area contributed by atoms with Gasteiger partial charge in [-0.2, -0.15) is 0 Å². The van der Waals surface area contributed by atoms with Gasteiger partial charge in [-0.25, -0.2) is 4.98 Å². The summed E-state index contributed by atoms with van der Waals surface area (Å²) in [6, 6.07) is 3.55. The second-order valence-corrected chi connectivity index (χ2v) is 5.88. The standard InChI is InChI=1S/C14H20BrN3O/c1-18-9-5-11(6-10-18)4-8-17-14(19)12-3-2-7-16-13(12)15/h2-3,7,11H,4-6,8-10H2,1H3,(H,17,19). The number of amides is 1. The highest BCUT2D eigenvalue weighted by Crippen LogP contribution is 2.19. The molecule has 0 atom stereocenters. The van der Waals surface area contributed by atoms with Crippen LogP contribution in [0.5, 0.6) is 0 Å². The first kappa shape index (κ1) is 14.5. The summed E-state index contributed by atoms with van der Waals surface area (Å²) >= 11 is 3.29. The number of hydrogen-bond donors (Lipinski definition) is 1. The summed E-state index contributed by atoms with van der Waals surface area (Å²) in [5, 5.41) is 2.98. The summed E-state index contributed by atoms with van der Waals surface area (Å²) < 4.78 is 0.604. The van der Waals surface area contributed by atoms with Crippen LogP contribution < -0.4 is 5.32 Å². The number of pyridine rings is 1. The van der Waals surface area contributed by atoms with Crippen molar-refractivity contribution in [2.24, 2.45) is 5.92 Å². The molecule has 2 heterocycles. The molecule has 0 saturated carbocycles. The minimum Gasteiger partial charge on any atom is -0.352 e. The van der Waals surface area contributed by atoms with Gasteiger partial charge in [-0.1, -0.05) is 0 Å². The van der Waals surface area contributed by atoms with Crippen molar-refractivity contribution >= 4 is 21.8 Å². The largest absolute Gasteiger partial charge is 0.352 e. The fourth-order valence-corrected chi connectivity index (χ4v) is 2.82. The molecule has 4 nitrogen and oxygen atoms in total. The van der Waals surface area contributed by atoms with Crippen LogP contribution in [0.15, 0.2) is 22.9 Å². The third kappa shape index (κ3) is 4.28. The van der Waals surface area contributed by atoms with Crippen LogP contribution >= 0.6 is 15.9 Å². The van der Waals surface area contributed by atoms with Crippen LogP contribution in [-0.4, -0.2) is 42.5 Å². The van der Waals surface area contributed by atoms with Crippen molar-refractivity contribution in [2.75, 3.05) is 26.7 Å². The molecule has 2 rings (SSSR count). The number of piperidine rings is 1. The highest BCUT2D eigenvalue weighted by atomic mass is 79.9. The number of rotatable bonds is 4. The number of aromatic nitrogens is 1. The summed E-state index contributed by atoms with van der Waals surface area (Å²) in [4.78, 5) is 18.4. The van der Waals surface area contributed by atoms with E-state index >= 15 is 0 Å². The SMILES string of the molecule is CN1CCC(CCNC(=O)c2cccnc2Br)CC1. The Hall–Kier alpha value is -0.940. The van der Waals surface area contributed by atoms with Gasteiger partial charge in [0.25, 0.3) is 5.91 Å².